The van der Waals surface area contributed by atoms with Gasteiger partial charge in [-0.15, -0.1) is 0 Å². The van der Waals surface area contributed by atoms with Gasteiger partial charge in [0.1, 0.15) is 0 Å². The summed E-state index contributed by atoms with van der Waals surface area (Å²) in [5.74, 6) is 0.888. The molecule has 0 amide bonds. The maximum Gasteiger partial charge on any atom is 0.416 e. The molecular weight excluding hydrogens is 283 g/mol. The lowest BCUT2D eigenvalue weighted by Crippen LogP contribution is -2.06. The number of aromatic nitrogens is 2. The first-order valence-electron chi connectivity index (χ1n) is 6.75. The molecule has 1 saturated carbocycles. The first kappa shape index (κ1) is 13.9. The quantitative estimate of drug-likeness (QED) is 0.851. The SMILES string of the molecule is Nc1cc(-c2nc(C3CCCC3)no2)cc(C(F)(F)F)c1. The molecule has 0 aliphatic heterocycles. The van der Waals surface area contributed by atoms with Gasteiger partial charge in [0.15, 0.2) is 5.82 Å². The van der Waals surface area contributed by atoms with Gasteiger partial charge in [-0.25, -0.2) is 0 Å². The lowest BCUT2D eigenvalue weighted by Gasteiger charge is -2.08. The van der Waals surface area contributed by atoms with Gasteiger partial charge in [0.25, 0.3) is 5.89 Å². The van der Waals surface area contributed by atoms with Gasteiger partial charge in [0.05, 0.1) is 5.56 Å². The van der Waals surface area contributed by atoms with E-state index in [-0.39, 0.29) is 23.1 Å². The van der Waals surface area contributed by atoms with Crippen LogP contribution < -0.4 is 5.73 Å². The van der Waals surface area contributed by atoms with Crippen LogP contribution in [0.2, 0.25) is 0 Å². The molecule has 21 heavy (non-hydrogen) atoms. The number of nitrogens with two attached hydrogens (primary N) is 1. The number of hydrogen-bond acceptors (Lipinski definition) is 4. The molecule has 0 unspecified atom stereocenters. The molecule has 0 saturated heterocycles. The summed E-state index contributed by atoms with van der Waals surface area (Å²) < 4.78 is 43.5. The molecule has 1 aliphatic carbocycles. The second-order valence-corrected chi connectivity index (χ2v) is 5.28. The van der Waals surface area contributed by atoms with Crippen LogP contribution in [0.1, 0.15) is 43.0 Å². The van der Waals surface area contributed by atoms with E-state index in [2.05, 4.69) is 10.1 Å². The molecule has 7 heteroatoms. The normalized spacial score (nSPS) is 16.5. The van der Waals surface area contributed by atoms with Gasteiger partial charge in [0.2, 0.25) is 0 Å². The van der Waals surface area contributed by atoms with Gasteiger partial charge in [0, 0.05) is 17.2 Å². The number of nitrogen functional groups attached to an aromatic ring is 1. The van der Waals surface area contributed by atoms with Crippen molar-refractivity contribution in [2.24, 2.45) is 0 Å². The van der Waals surface area contributed by atoms with Crippen molar-refractivity contribution in [3.05, 3.63) is 29.6 Å². The fourth-order valence-electron chi connectivity index (χ4n) is 2.64. The van der Waals surface area contributed by atoms with Crippen LogP contribution in [-0.2, 0) is 6.18 Å². The third-order valence-corrected chi connectivity index (χ3v) is 3.69. The Morgan fingerprint density at radius 2 is 1.86 bits per heavy atom. The van der Waals surface area contributed by atoms with Gasteiger partial charge in [-0.1, -0.05) is 18.0 Å². The Kier molecular flexibility index (Phi) is 3.35. The second-order valence-electron chi connectivity index (χ2n) is 5.28. The summed E-state index contributed by atoms with van der Waals surface area (Å²) in [4.78, 5) is 4.23. The highest BCUT2D eigenvalue weighted by Gasteiger charge is 2.32. The zero-order chi connectivity index (χ0) is 15.0. The maximum atomic E-state index is 12.8. The second kappa shape index (κ2) is 5.05. The molecule has 0 spiro atoms. The van der Waals surface area contributed by atoms with Crippen LogP contribution in [0, 0.1) is 0 Å². The summed E-state index contributed by atoms with van der Waals surface area (Å²) in [5, 5.41) is 3.89. The van der Waals surface area contributed by atoms with Gasteiger partial charge in [-0.05, 0) is 31.0 Å². The van der Waals surface area contributed by atoms with Gasteiger partial charge in [-0.2, -0.15) is 18.2 Å². The smallest absolute Gasteiger partial charge is 0.399 e. The molecule has 1 fully saturated rings. The summed E-state index contributed by atoms with van der Waals surface area (Å²) in [7, 11) is 0. The van der Waals surface area contributed by atoms with E-state index in [1.54, 1.807) is 0 Å². The number of hydrogen-bond donors (Lipinski definition) is 1. The van der Waals surface area contributed by atoms with Crippen LogP contribution in [0.5, 0.6) is 0 Å². The van der Waals surface area contributed by atoms with E-state index in [9.17, 15) is 13.2 Å². The summed E-state index contributed by atoms with van der Waals surface area (Å²) in [6, 6.07) is 3.27. The number of benzene rings is 1. The lowest BCUT2D eigenvalue weighted by molar-refractivity contribution is -0.137. The zero-order valence-electron chi connectivity index (χ0n) is 11.2. The standard InChI is InChI=1S/C14H14F3N3O/c15-14(16,17)10-5-9(6-11(18)7-10)13-19-12(20-21-13)8-3-1-2-4-8/h5-8H,1-4,18H2. The Bertz CT molecular complexity index is 645. The fraction of sp³-hybridized carbons (Fsp3) is 0.429. The number of nitrogens with zero attached hydrogens (tertiary/aromatic N) is 2. The third kappa shape index (κ3) is 2.86. The van der Waals surface area contributed by atoms with Crippen LogP contribution >= 0.6 is 0 Å². The van der Waals surface area contributed by atoms with Crippen LogP contribution in [-0.4, -0.2) is 10.1 Å². The van der Waals surface area contributed by atoms with Crippen molar-refractivity contribution in [2.45, 2.75) is 37.8 Å². The minimum absolute atomic E-state index is 0.0143. The van der Waals surface area contributed by atoms with E-state index in [0.29, 0.717) is 5.82 Å². The molecule has 1 heterocycles. The first-order chi connectivity index (χ1) is 9.93. The molecule has 112 valence electrons. The molecule has 0 atom stereocenters. The Labute approximate surface area is 119 Å². The first-order valence-corrected chi connectivity index (χ1v) is 6.75. The lowest BCUT2D eigenvalue weighted by atomic mass is 10.1. The van der Waals surface area contributed by atoms with Crippen molar-refractivity contribution in [2.75, 3.05) is 5.73 Å². The van der Waals surface area contributed by atoms with Crippen molar-refractivity contribution >= 4 is 5.69 Å². The maximum absolute atomic E-state index is 12.8. The molecule has 2 aromatic rings. The van der Waals surface area contributed by atoms with Crippen LogP contribution in [0.15, 0.2) is 22.7 Å². The minimum Gasteiger partial charge on any atom is -0.399 e. The van der Waals surface area contributed by atoms with E-state index < -0.39 is 11.7 Å². The van der Waals surface area contributed by atoms with Gasteiger partial charge in [-0.3, -0.25) is 0 Å². The predicted octanol–water partition coefficient (Wildman–Crippen LogP) is 4.00. The minimum atomic E-state index is -4.46. The summed E-state index contributed by atoms with van der Waals surface area (Å²) in [5.41, 5.74) is 4.92. The number of alkyl halides is 3. The highest BCUT2D eigenvalue weighted by molar-refractivity contribution is 5.62. The van der Waals surface area contributed by atoms with Crippen molar-refractivity contribution in [1.82, 2.24) is 10.1 Å². The van der Waals surface area contributed by atoms with Crippen LogP contribution in [0.4, 0.5) is 18.9 Å². The van der Waals surface area contributed by atoms with Gasteiger partial charge < -0.3 is 10.3 Å². The van der Waals surface area contributed by atoms with Crippen molar-refractivity contribution in [3.63, 3.8) is 0 Å². The van der Waals surface area contributed by atoms with Crippen LogP contribution in [0.3, 0.4) is 0 Å². The van der Waals surface area contributed by atoms with Crippen molar-refractivity contribution in [3.8, 4) is 11.5 Å². The van der Waals surface area contributed by atoms with E-state index in [1.807, 2.05) is 0 Å². The molecule has 2 N–H and O–H groups in total. The average molecular weight is 297 g/mol. The topological polar surface area (TPSA) is 64.9 Å². The zero-order valence-corrected chi connectivity index (χ0v) is 11.2. The Morgan fingerprint density at radius 1 is 1.14 bits per heavy atom. The third-order valence-electron chi connectivity index (χ3n) is 3.69. The molecule has 0 bridgehead atoms. The van der Waals surface area contributed by atoms with E-state index >= 15 is 0 Å². The summed E-state index contributed by atoms with van der Waals surface area (Å²) in [6.45, 7) is 0. The number of halogens is 3. The van der Waals surface area contributed by atoms with Crippen molar-refractivity contribution in [1.29, 1.82) is 0 Å². The Hall–Kier alpha value is -2.05. The van der Waals surface area contributed by atoms with Crippen molar-refractivity contribution < 1.29 is 17.7 Å². The largest absolute Gasteiger partial charge is 0.416 e. The molecule has 1 aliphatic rings. The van der Waals surface area contributed by atoms with E-state index in [0.717, 1.165) is 37.8 Å². The predicted molar refractivity (Wildman–Crippen MR) is 70.4 cm³/mol. The summed E-state index contributed by atoms with van der Waals surface area (Å²) in [6.07, 6.45) is -0.248. The Morgan fingerprint density at radius 3 is 2.52 bits per heavy atom. The average Bonchev–Trinajstić information content (AvgIpc) is 3.08. The summed E-state index contributed by atoms with van der Waals surface area (Å²) >= 11 is 0. The highest BCUT2D eigenvalue weighted by Crippen LogP contribution is 2.36. The number of rotatable bonds is 2. The molecular formula is C14H14F3N3O. The monoisotopic (exact) mass is 297 g/mol. The molecule has 3 rings (SSSR count). The molecule has 4 nitrogen and oxygen atoms in total. The molecule has 1 aromatic carbocycles. The Balaban J connectivity index is 1.95. The molecule has 1 aromatic heterocycles. The van der Waals surface area contributed by atoms with Crippen LogP contribution in [0.25, 0.3) is 11.5 Å². The number of anilines is 1. The highest BCUT2D eigenvalue weighted by atomic mass is 19.4. The van der Waals surface area contributed by atoms with E-state index in [4.69, 9.17) is 10.3 Å². The fourth-order valence-corrected chi connectivity index (χ4v) is 2.64. The van der Waals surface area contributed by atoms with E-state index in [1.165, 1.54) is 6.07 Å². The molecule has 0 radical (unpaired) electrons. The van der Waals surface area contributed by atoms with Gasteiger partial charge >= 0.3 is 6.18 Å².